The molecule has 0 radical (unpaired) electrons. The molecule has 3 aromatic rings. The molecule has 0 aliphatic heterocycles. The normalized spacial score (nSPS) is 12.2. The Morgan fingerprint density at radius 1 is 0.933 bits per heavy atom. The number of rotatable bonds is 13. The Hall–Kier alpha value is -4.67. The molecule has 0 unspecified atom stereocenters. The minimum atomic E-state index is -1.34. The molecule has 0 bridgehead atoms. The minimum absolute atomic E-state index is 0.00542. The van der Waals surface area contributed by atoms with Crippen molar-refractivity contribution < 1.29 is 23.9 Å². The number of ether oxygens (including phenoxy) is 1. The third kappa shape index (κ3) is 11.4. The fraction of sp³-hybridized carbons (Fsp3) is 0.441. The molecule has 3 N–H and O–H groups in total. The number of anilines is 1. The van der Waals surface area contributed by atoms with Crippen molar-refractivity contribution in [1.29, 1.82) is 0 Å². The molecule has 3 rings (SSSR count). The number of nitrogens with one attached hydrogen (secondary N) is 3. The molecule has 0 spiro atoms. The van der Waals surface area contributed by atoms with Crippen LogP contribution in [0.5, 0.6) is 0 Å². The lowest BCUT2D eigenvalue weighted by molar-refractivity contribution is -0.130. The molecule has 1 aromatic heterocycles. The maximum absolute atomic E-state index is 13.5. The first-order chi connectivity index (χ1) is 21.1. The van der Waals surface area contributed by atoms with Crippen molar-refractivity contribution in [1.82, 2.24) is 25.1 Å². The number of likely N-dealkylation sites (N-methyl/N-ethyl adjacent to an activating group) is 1. The molecule has 0 aliphatic carbocycles. The Kier molecular flexibility index (Phi) is 11.9. The van der Waals surface area contributed by atoms with E-state index in [1.54, 1.807) is 66.1 Å². The second kappa shape index (κ2) is 15.4. The molecule has 0 saturated carbocycles. The number of imidazole rings is 1. The quantitative estimate of drug-likeness (QED) is 0.261. The SMILES string of the molecule is CN(C)C(=O)Cc1ccccc1Cn1cnc(NC(=O)[C@@H](CCCc2ccccc2)NC(=O)C(C)(C)NC(=O)OC(C)(C)C)c1. The summed E-state index contributed by atoms with van der Waals surface area (Å²) in [5.74, 6) is -0.615. The van der Waals surface area contributed by atoms with E-state index in [0.29, 0.717) is 25.2 Å². The highest BCUT2D eigenvalue weighted by Crippen LogP contribution is 2.16. The summed E-state index contributed by atoms with van der Waals surface area (Å²) in [7, 11) is 3.46. The van der Waals surface area contributed by atoms with Gasteiger partial charge in [-0.3, -0.25) is 14.4 Å². The Balaban J connectivity index is 1.71. The maximum Gasteiger partial charge on any atom is 0.408 e. The molecule has 242 valence electrons. The second-order valence-corrected chi connectivity index (χ2v) is 12.8. The highest BCUT2D eigenvalue weighted by atomic mass is 16.6. The zero-order chi connectivity index (χ0) is 33.2. The smallest absolute Gasteiger partial charge is 0.408 e. The summed E-state index contributed by atoms with van der Waals surface area (Å²) < 4.78 is 7.14. The predicted molar refractivity (Wildman–Crippen MR) is 174 cm³/mol. The number of carbonyl (C=O) groups is 4. The molecule has 2 aromatic carbocycles. The van der Waals surface area contributed by atoms with Gasteiger partial charge in [0.1, 0.15) is 17.2 Å². The fourth-order valence-corrected chi connectivity index (χ4v) is 4.50. The number of aromatic nitrogens is 2. The van der Waals surface area contributed by atoms with Crippen molar-refractivity contribution in [2.75, 3.05) is 19.4 Å². The van der Waals surface area contributed by atoms with Gasteiger partial charge in [0.25, 0.3) is 0 Å². The molecular weight excluding hydrogens is 572 g/mol. The van der Waals surface area contributed by atoms with Crippen LogP contribution in [0.25, 0.3) is 0 Å². The Morgan fingerprint density at radius 3 is 2.22 bits per heavy atom. The summed E-state index contributed by atoms with van der Waals surface area (Å²) in [5.41, 5.74) is 0.934. The number of amides is 4. The Bertz CT molecular complexity index is 1460. The van der Waals surface area contributed by atoms with Crippen molar-refractivity contribution >= 4 is 29.6 Å². The largest absolute Gasteiger partial charge is 0.444 e. The molecular formula is C34H46N6O5. The van der Waals surface area contributed by atoms with Gasteiger partial charge in [-0.25, -0.2) is 9.78 Å². The number of hydrogen-bond acceptors (Lipinski definition) is 6. The van der Waals surface area contributed by atoms with E-state index in [9.17, 15) is 19.2 Å². The summed E-state index contributed by atoms with van der Waals surface area (Å²) in [6.45, 7) is 8.77. The monoisotopic (exact) mass is 618 g/mol. The number of aryl methyl sites for hydroxylation is 1. The van der Waals surface area contributed by atoms with Crippen LogP contribution < -0.4 is 16.0 Å². The zero-order valence-electron chi connectivity index (χ0n) is 27.3. The Morgan fingerprint density at radius 2 is 1.58 bits per heavy atom. The van der Waals surface area contributed by atoms with Crippen LogP contribution >= 0.6 is 0 Å². The molecule has 1 heterocycles. The topological polar surface area (TPSA) is 135 Å². The first-order valence-electron chi connectivity index (χ1n) is 15.1. The van der Waals surface area contributed by atoms with E-state index in [2.05, 4.69) is 20.9 Å². The van der Waals surface area contributed by atoms with Gasteiger partial charge in [0, 0.05) is 26.8 Å². The first kappa shape index (κ1) is 34.8. The highest BCUT2D eigenvalue weighted by molar-refractivity contribution is 5.98. The average Bonchev–Trinajstić information content (AvgIpc) is 3.38. The van der Waals surface area contributed by atoms with Gasteiger partial charge < -0.3 is 30.2 Å². The lowest BCUT2D eigenvalue weighted by Crippen LogP contribution is -2.58. The van der Waals surface area contributed by atoms with Gasteiger partial charge >= 0.3 is 6.09 Å². The van der Waals surface area contributed by atoms with E-state index < -0.39 is 35.1 Å². The number of alkyl carbamates (subject to hydrolysis) is 1. The van der Waals surface area contributed by atoms with Crippen LogP contribution in [0.2, 0.25) is 0 Å². The van der Waals surface area contributed by atoms with Crippen LogP contribution in [0.3, 0.4) is 0 Å². The van der Waals surface area contributed by atoms with Crippen molar-refractivity contribution in [3.8, 4) is 0 Å². The highest BCUT2D eigenvalue weighted by Gasteiger charge is 2.34. The van der Waals surface area contributed by atoms with Crippen LogP contribution in [0.15, 0.2) is 67.1 Å². The van der Waals surface area contributed by atoms with E-state index >= 15 is 0 Å². The minimum Gasteiger partial charge on any atom is -0.444 e. The van der Waals surface area contributed by atoms with Crippen molar-refractivity contribution in [2.45, 2.75) is 84.0 Å². The molecule has 4 amide bonds. The van der Waals surface area contributed by atoms with Gasteiger partial charge in [-0.2, -0.15) is 0 Å². The molecule has 11 heteroatoms. The second-order valence-electron chi connectivity index (χ2n) is 12.8. The van der Waals surface area contributed by atoms with E-state index in [4.69, 9.17) is 4.74 Å². The first-order valence-corrected chi connectivity index (χ1v) is 15.1. The van der Waals surface area contributed by atoms with Crippen LogP contribution in [0.4, 0.5) is 10.6 Å². The predicted octanol–water partition coefficient (Wildman–Crippen LogP) is 4.31. The van der Waals surface area contributed by atoms with E-state index in [-0.39, 0.29) is 12.3 Å². The summed E-state index contributed by atoms with van der Waals surface area (Å²) in [4.78, 5) is 57.4. The summed E-state index contributed by atoms with van der Waals surface area (Å²) in [6, 6.07) is 16.7. The van der Waals surface area contributed by atoms with E-state index in [1.165, 1.54) is 0 Å². The van der Waals surface area contributed by atoms with Gasteiger partial charge in [-0.05, 0) is 70.6 Å². The number of carbonyl (C=O) groups excluding carboxylic acids is 4. The molecule has 1 atom stereocenters. The van der Waals surface area contributed by atoms with Crippen LogP contribution in [0.1, 0.15) is 64.2 Å². The van der Waals surface area contributed by atoms with Crippen LogP contribution in [-0.4, -0.2) is 69.5 Å². The number of hydrogen-bond donors (Lipinski definition) is 3. The van der Waals surface area contributed by atoms with E-state index in [1.807, 2.05) is 59.2 Å². The maximum atomic E-state index is 13.5. The summed E-state index contributed by atoms with van der Waals surface area (Å²) in [5, 5.41) is 8.24. The standard InChI is InChI=1S/C34H46N6O5/c1-33(2,3)45-32(44)38-34(4,5)31(43)36-27(19-13-16-24-14-9-8-10-15-24)30(42)37-28-22-40(23-35-28)21-26-18-12-11-17-25(26)20-29(41)39(6)7/h8-12,14-15,17-18,22-23,27H,13,16,19-21H2,1-7H3,(H,36,43)(H,37,42)(H,38,44)/t27-/m1/s1. The van der Waals surface area contributed by atoms with Gasteiger partial charge in [-0.1, -0.05) is 54.6 Å². The van der Waals surface area contributed by atoms with Crippen molar-refractivity contribution in [3.05, 3.63) is 83.8 Å². The molecule has 0 aliphatic rings. The summed E-state index contributed by atoms with van der Waals surface area (Å²) >= 11 is 0. The van der Waals surface area contributed by atoms with Gasteiger partial charge in [0.05, 0.1) is 12.7 Å². The van der Waals surface area contributed by atoms with Gasteiger partial charge in [-0.15, -0.1) is 0 Å². The zero-order valence-corrected chi connectivity index (χ0v) is 27.3. The molecule has 0 fully saturated rings. The molecule has 0 saturated heterocycles. The third-order valence-electron chi connectivity index (χ3n) is 7.00. The fourth-order valence-electron chi connectivity index (χ4n) is 4.50. The van der Waals surface area contributed by atoms with Gasteiger partial charge in [0.15, 0.2) is 5.82 Å². The van der Waals surface area contributed by atoms with Crippen LogP contribution in [-0.2, 0) is 38.5 Å². The summed E-state index contributed by atoms with van der Waals surface area (Å²) in [6.07, 6.45) is 4.60. The van der Waals surface area contributed by atoms with Gasteiger partial charge in [0.2, 0.25) is 17.7 Å². The average molecular weight is 619 g/mol. The lowest BCUT2D eigenvalue weighted by atomic mass is 10.0. The third-order valence-corrected chi connectivity index (χ3v) is 7.00. The lowest BCUT2D eigenvalue weighted by Gasteiger charge is -2.29. The van der Waals surface area contributed by atoms with Crippen molar-refractivity contribution in [3.63, 3.8) is 0 Å². The van der Waals surface area contributed by atoms with E-state index in [0.717, 1.165) is 23.1 Å². The molecule has 11 nitrogen and oxygen atoms in total. The van der Waals surface area contributed by atoms with Crippen LogP contribution in [0, 0.1) is 0 Å². The number of benzene rings is 2. The number of nitrogens with zero attached hydrogens (tertiary/aromatic N) is 3. The Labute approximate surface area is 265 Å². The van der Waals surface area contributed by atoms with Crippen molar-refractivity contribution in [2.24, 2.45) is 0 Å². The molecule has 45 heavy (non-hydrogen) atoms.